The third kappa shape index (κ3) is 3.66. The molecule has 28 heavy (non-hydrogen) atoms. The summed E-state index contributed by atoms with van der Waals surface area (Å²) in [4.78, 5) is 15.8. The summed E-state index contributed by atoms with van der Waals surface area (Å²) < 4.78 is 56.1. The fourth-order valence-corrected chi connectivity index (χ4v) is 3.43. The first-order valence-corrected chi connectivity index (χ1v) is 8.57. The van der Waals surface area contributed by atoms with Crippen molar-refractivity contribution in [3.05, 3.63) is 69.0 Å². The fourth-order valence-electron chi connectivity index (χ4n) is 2.94. The molecule has 1 N–H and O–H groups in total. The number of nitrogens with zero attached hydrogens (tertiary/aromatic N) is 1. The molecular formula is C18H11Cl2F4NO3. The molecule has 0 amide bonds. The normalized spacial score (nSPS) is 19.3. The number of halogens is 6. The SMILES string of the molecule is O=C(O)c1cccc(CC2=NOC(c3cc(Cl)cc(Cl)c3F)(C(F)(F)F)C2)c1. The summed E-state index contributed by atoms with van der Waals surface area (Å²) in [5.41, 5.74) is -3.58. The second kappa shape index (κ2) is 7.25. The van der Waals surface area contributed by atoms with Gasteiger partial charge in [0, 0.05) is 23.4 Å². The number of aromatic carboxylic acids is 1. The van der Waals surface area contributed by atoms with Crippen molar-refractivity contribution in [3.8, 4) is 0 Å². The van der Waals surface area contributed by atoms with E-state index < -0.39 is 40.6 Å². The molecule has 2 aromatic carbocycles. The maximum Gasteiger partial charge on any atom is 0.435 e. The van der Waals surface area contributed by atoms with E-state index in [0.717, 1.165) is 12.1 Å². The molecule has 0 radical (unpaired) electrons. The minimum Gasteiger partial charge on any atom is -0.478 e. The lowest BCUT2D eigenvalue weighted by atomic mass is 9.86. The van der Waals surface area contributed by atoms with Crippen LogP contribution in [0.4, 0.5) is 17.6 Å². The van der Waals surface area contributed by atoms with Crippen LogP contribution in [0, 0.1) is 5.82 Å². The highest BCUT2D eigenvalue weighted by Gasteiger charge is 2.63. The van der Waals surface area contributed by atoms with Gasteiger partial charge in [0.1, 0.15) is 5.82 Å². The first kappa shape index (κ1) is 20.4. The van der Waals surface area contributed by atoms with Gasteiger partial charge in [-0.05, 0) is 29.8 Å². The third-order valence-electron chi connectivity index (χ3n) is 4.25. The summed E-state index contributed by atoms with van der Waals surface area (Å²) in [7, 11) is 0. The quantitative estimate of drug-likeness (QED) is 0.501. The second-order valence-corrected chi connectivity index (χ2v) is 7.03. The molecule has 1 aliphatic heterocycles. The molecule has 0 saturated carbocycles. The Hall–Kier alpha value is -2.32. The molecule has 10 heteroatoms. The highest BCUT2D eigenvalue weighted by Crippen LogP contribution is 2.50. The van der Waals surface area contributed by atoms with Gasteiger partial charge in [0.15, 0.2) is 0 Å². The maximum atomic E-state index is 14.4. The molecular weight excluding hydrogens is 425 g/mol. The van der Waals surface area contributed by atoms with Crippen molar-refractivity contribution in [2.45, 2.75) is 24.6 Å². The molecule has 3 rings (SSSR count). The van der Waals surface area contributed by atoms with E-state index in [9.17, 15) is 22.4 Å². The minimum absolute atomic E-state index is 0.0215. The number of benzene rings is 2. The van der Waals surface area contributed by atoms with E-state index >= 15 is 0 Å². The summed E-state index contributed by atoms with van der Waals surface area (Å²) in [5.74, 6) is -2.47. The first-order chi connectivity index (χ1) is 13.0. The summed E-state index contributed by atoms with van der Waals surface area (Å²) in [6.07, 6.45) is -5.91. The molecule has 0 spiro atoms. The van der Waals surface area contributed by atoms with Crippen molar-refractivity contribution < 1.29 is 32.3 Å². The van der Waals surface area contributed by atoms with Crippen LogP contribution in [-0.4, -0.2) is 23.0 Å². The predicted octanol–water partition coefficient (Wildman–Crippen LogP) is 5.61. The van der Waals surface area contributed by atoms with Crippen molar-refractivity contribution in [1.29, 1.82) is 0 Å². The van der Waals surface area contributed by atoms with Gasteiger partial charge in [-0.2, -0.15) is 13.2 Å². The van der Waals surface area contributed by atoms with E-state index in [2.05, 4.69) is 5.16 Å². The lowest BCUT2D eigenvalue weighted by Gasteiger charge is -2.30. The number of carbonyl (C=O) groups is 1. The molecule has 2 aromatic rings. The van der Waals surface area contributed by atoms with Crippen molar-refractivity contribution in [1.82, 2.24) is 0 Å². The van der Waals surface area contributed by atoms with Gasteiger partial charge in [-0.1, -0.05) is 40.5 Å². The lowest BCUT2D eigenvalue weighted by molar-refractivity contribution is -0.276. The molecule has 1 unspecified atom stereocenters. The molecule has 1 heterocycles. The summed E-state index contributed by atoms with van der Waals surface area (Å²) in [6, 6.07) is 7.46. The highest BCUT2D eigenvalue weighted by atomic mass is 35.5. The van der Waals surface area contributed by atoms with Gasteiger partial charge in [0.2, 0.25) is 0 Å². The Morgan fingerprint density at radius 1 is 1.25 bits per heavy atom. The maximum absolute atomic E-state index is 14.4. The summed E-state index contributed by atoms with van der Waals surface area (Å²) >= 11 is 11.4. The van der Waals surface area contributed by atoms with Gasteiger partial charge in [-0.15, -0.1) is 0 Å². The Morgan fingerprint density at radius 2 is 1.96 bits per heavy atom. The van der Waals surface area contributed by atoms with E-state index in [0.29, 0.717) is 5.56 Å². The van der Waals surface area contributed by atoms with Crippen LogP contribution < -0.4 is 0 Å². The molecule has 0 aliphatic carbocycles. The van der Waals surface area contributed by atoms with E-state index in [4.69, 9.17) is 33.1 Å². The minimum atomic E-state index is -5.02. The number of carboxylic acids is 1. The molecule has 1 atom stereocenters. The van der Waals surface area contributed by atoms with Crippen LogP contribution in [-0.2, 0) is 16.9 Å². The van der Waals surface area contributed by atoms with E-state index in [1.54, 1.807) is 6.07 Å². The van der Waals surface area contributed by atoms with Gasteiger partial charge in [0.05, 0.1) is 16.3 Å². The Balaban J connectivity index is 1.96. The number of rotatable bonds is 4. The molecule has 0 saturated heterocycles. The Kier molecular flexibility index (Phi) is 5.29. The largest absolute Gasteiger partial charge is 0.478 e. The van der Waals surface area contributed by atoms with Gasteiger partial charge >= 0.3 is 12.1 Å². The topological polar surface area (TPSA) is 58.9 Å². The predicted molar refractivity (Wildman–Crippen MR) is 94.4 cm³/mol. The van der Waals surface area contributed by atoms with E-state index in [1.165, 1.54) is 18.2 Å². The van der Waals surface area contributed by atoms with Crippen LogP contribution >= 0.6 is 23.2 Å². The van der Waals surface area contributed by atoms with Crippen LogP contribution in [0.5, 0.6) is 0 Å². The number of hydrogen-bond donors (Lipinski definition) is 1. The zero-order valence-electron chi connectivity index (χ0n) is 13.9. The molecule has 0 bridgehead atoms. The van der Waals surface area contributed by atoms with Crippen LogP contribution in [0.3, 0.4) is 0 Å². The lowest BCUT2D eigenvalue weighted by Crippen LogP contribution is -2.43. The highest BCUT2D eigenvalue weighted by molar-refractivity contribution is 6.34. The Morgan fingerprint density at radius 3 is 2.61 bits per heavy atom. The van der Waals surface area contributed by atoms with Crippen LogP contribution in [0.15, 0.2) is 41.6 Å². The van der Waals surface area contributed by atoms with Crippen LogP contribution in [0.1, 0.15) is 27.9 Å². The molecule has 148 valence electrons. The standard InChI is InChI=1S/C18H11Cl2F4NO3/c19-11-6-13(15(21)14(20)7-11)17(18(22,23)24)8-12(25-28-17)5-9-2-1-3-10(4-9)16(26)27/h1-4,6-7H,5,8H2,(H,26,27). The average molecular weight is 436 g/mol. The molecule has 0 fully saturated rings. The summed E-state index contributed by atoms with van der Waals surface area (Å²) in [6.45, 7) is 0. The molecule has 0 aromatic heterocycles. The number of oxime groups is 1. The van der Waals surface area contributed by atoms with Crippen molar-refractivity contribution >= 4 is 34.9 Å². The first-order valence-electron chi connectivity index (χ1n) is 7.81. The molecule has 1 aliphatic rings. The fraction of sp³-hybridized carbons (Fsp3) is 0.222. The second-order valence-electron chi connectivity index (χ2n) is 6.18. The third-order valence-corrected chi connectivity index (χ3v) is 4.74. The van der Waals surface area contributed by atoms with Crippen LogP contribution in [0.2, 0.25) is 10.0 Å². The monoisotopic (exact) mass is 435 g/mol. The van der Waals surface area contributed by atoms with Gasteiger partial charge in [-0.25, -0.2) is 9.18 Å². The van der Waals surface area contributed by atoms with Gasteiger partial charge < -0.3 is 9.94 Å². The van der Waals surface area contributed by atoms with E-state index in [-0.39, 0.29) is 22.7 Å². The number of alkyl halides is 3. The number of carboxylic acid groups (broad SMARTS) is 1. The van der Waals surface area contributed by atoms with E-state index in [1.807, 2.05) is 0 Å². The van der Waals surface area contributed by atoms with Gasteiger partial charge in [0.25, 0.3) is 5.60 Å². The van der Waals surface area contributed by atoms with Gasteiger partial charge in [-0.3, -0.25) is 0 Å². The zero-order chi connectivity index (χ0) is 20.7. The summed E-state index contributed by atoms with van der Waals surface area (Å²) in [5, 5.41) is 11.8. The molecule has 4 nitrogen and oxygen atoms in total. The Bertz CT molecular complexity index is 978. The van der Waals surface area contributed by atoms with Crippen molar-refractivity contribution in [2.24, 2.45) is 5.16 Å². The zero-order valence-corrected chi connectivity index (χ0v) is 15.4. The van der Waals surface area contributed by atoms with Crippen LogP contribution in [0.25, 0.3) is 0 Å². The van der Waals surface area contributed by atoms with Crippen molar-refractivity contribution in [3.63, 3.8) is 0 Å². The smallest absolute Gasteiger partial charge is 0.435 e. The average Bonchev–Trinajstić information content (AvgIpc) is 3.03. The van der Waals surface area contributed by atoms with Crippen molar-refractivity contribution in [2.75, 3.05) is 0 Å². The number of hydrogen-bond acceptors (Lipinski definition) is 3. The Labute approximate surface area is 166 Å².